The Kier molecular flexibility index (Phi) is 6.88. The van der Waals surface area contributed by atoms with E-state index in [1.54, 1.807) is 13.0 Å². The Morgan fingerprint density at radius 3 is 2.50 bits per heavy atom. The van der Waals surface area contributed by atoms with Gasteiger partial charge in [-0.15, -0.1) is 6.58 Å². The van der Waals surface area contributed by atoms with Gasteiger partial charge in [0.15, 0.2) is 11.4 Å². The van der Waals surface area contributed by atoms with Crippen LogP contribution in [-0.2, 0) is 20.1 Å². The molecule has 9 heteroatoms. The molecule has 3 rings (SSSR count). The molecule has 0 fully saturated rings. The summed E-state index contributed by atoms with van der Waals surface area (Å²) in [5.74, 6) is 0.709. The van der Waals surface area contributed by atoms with Crippen molar-refractivity contribution in [1.29, 1.82) is 0 Å². The SMILES string of the molecule is C=CCn1c(C)cc(C(=O)CSc2nc(C)nc3c2c(=O)n(C)c(=O)n3CC(C)C)c1C. The number of hydrogen-bond donors (Lipinski definition) is 0. The van der Waals surface area contributed by atoms with Crippen molar-refractivity contribution in [2.45, 2.75) is 52.7 Å². The number of carbonyl (C=O) groups excluding carboxylic acids is 1. The summed E-state index contributed by atoms with van der Waals surface area (Å²) in [6.07, 6.45) is 1.80. The summed E-state index contributed by atoms with van der Waals surface area (Å²) in [5.41, 5.74) is 1.99. The fourth-order valence-corrected chi connectivity index (χ4v) is 4.72. The number of hydrogen-bond acceptors (Lipinski definition) is 6. The predicted octanol–water partition coefficient (Wildman–Crippen LogP) is 3.03. The van der Waals surface area contributed by atoms with Crippen LogP contribution in [0.25, 0.3) is 11.0 Å². The molecule has 0 bridgehead atoms. The molecule has 0 spiro atoms. The molecule has 3 aromatic rings. The molecule has 0 aromatic carbocycles. The average Bonchev–Trinajstić information content (AvgIpc) is 3.01. The standard InChI is InChI=1S/C23H29N5O3S/c1-8-9-27-14(4)10-17(15(27)5)18(29)12-32-21-19-20(24-16(6)25-21)28(11-13(2)3)23(31)26(7)22(19)30/h8,10,13H,1,9,11-12H2,2-7H3. The van der Waals surface area contributed by atoms with Gasteiger partial charge < -0.3 is 4.57 Å². The van der Waals surface area contributed by atoms with Gasteiger partial charge in [-0.2, -0.15) is 0 Å². The van der Waals surface area contributed by atoms with E-state index in [0.717, 1.165) is 16.0 Å². The van der Waals surface area contributed by atoms with Crippen LogP contribution in [-0.4, -0.2) is 35.2 Å². The van der Waals surface area contributed by atoms with E-state index in [0.29, 0.717) is 35.2 Å². The van der Waals surface area contributed by atoms with E-state index in [1.165, 1.54) is 23.4 Å². The quantitative estimate of drug-likeness (QED) is 0.224. The Morgan fingerprint density at radius 2 is 1.88 bits per heavy atom. The molecule has 0 saturated carbocycles. The zero-order valence-corrected chi connectivity index (χ0v) is 20.2. The highest BCUT2D eigenvalue weighted by Gasteiger charge is 2.21. The van der Waals surface area contributed by atoms with Crippen molar-refractivity contribution in [2.75, 3.05) is 5.75 Å². The smallest absolute Gasteiger partial charge is 0.332 e. The molecule has 3 aromatic heterocycles. The van der Waals surface area contributed by atoms with Gasteiger partial charge >= 0.3 is 5.69 Å². The van der Waals surface area contributed by atoms with Crippen molar-refractivity contribution in [3.05, 3.63) is 62.3 Å². The highest BCUT2D eigenvalue weighted by atomic mass is 32.2. The van der Waals surface area contributed by atoms with Gasteiger partial charge in [-0.1, -0.05) is 31.7 Å². The zero-order chi connectivity index (χ0) is 23.7. The number of ketones is 1. The predicted molar refractivity (Wildman–Crippen MR) is 128 cm³/mol. The normalized spacial score (nSPS) is 11.5. The van der Waals surface area contributed by atoms with Gasteiger partial charge in [0.25, 0.3) is 5.56 Å². The fraction of sp³-hybridized carbons (Fsp3) is 0.435. The van der Waals surface area contributed by atoms with Crippen molar-refractivity contribution in [1.82, 2.24) is 23.7 Å². The molecule has 0 aliphatic heterocycles. The molecule has 0 radical (unpaired) electrons. The molecule has 0 saturated heterocycles. The highest BCUT2D eigenvalue weighted by molar-refractivity contribution is 8.00. The zero-order valence-electron chi connectivity index (χ0n) is 19.4. The molecular weight excluding hydrogens is 426 g/mol. The molecule has 0 amide bonds. The van der Waals surface area contributed by atoms with Crippen LogP contribution in [0.1, 0.15) is 41.4 Å². The van der Waals surface area contributed by atoms with Crippen molar-refractivity contribution in [3.8, 4) is 0 Å². The largest absolute Gasteiger partial charge is 0.345 e. The first-order valence-corrected chi connectivity index (χ1v) is 11.5. The van der Waals surface area contributed by atoms with E-state index in [4.69, 9.17) is 0 Å². The van der Waals surface area contributed by atoms with E-state index < -0.39 is 11.2 Å². The minimum absolute atomic E-state index is 0.0462. The van der Waals surface area contributed by atoms with Crippen molar-refractivity contribution in [3.63, 3.8) is 0 Å². The summed E-state index contributed by atoms with van der Waals surface area (Å²) < 4.78 is 4.64. The van der Waals surface area contributed by atoms with Crippen molar-refractivity contribution >= 4 is 28.6 Å². The van der Waals surface area contributed by atoms with Crippen LogP contribution in [0.15, 0.2) is 33.3 Å². The van der Waals surface area contributed by atoms with E-state index in [9.17, 15) is 14.4 Å². The number of Topliss-reactive ketones (excluding diaryl/α,β-unsaturated/α-hetero) is 1. The molecule has 3 heterocycles. The lowest BCUT2D eigenvalue weighted by Gasteiger charge is -2.15. The number of carbonyl (C=O) groups is 1. The van der Waals surface area contributed by atoms with Gasteiger partial charge in [-0.05, 0) is 32.8 Å². The summed E-state index contributed by atoms with van der Waals surface area (Å²) in [4.78, 5) is 47.6. The first-order chi connectivity index (χ1) is 15.1. The molecule has 8 nitrogen and oxygen atoms in total. The van der Waals surface area contributed by atoms with Gasteiger partial charge in [0.05, 0.1) is 5.75 Å². The van der Waals surface area contributed by atoms with E-state index in [1.807, 2.05) is 38.3 Å². The number of aryl methyl sites for hydroxylation is 2. The lowest BCUT2D eigenvalue weighted by atomic mass is 10.2. The minimum Gasteiger partial charge on any atom is -0.345 e. The molecule has 0 aliphatic carbocycles. The first kappa shape index (κ1) is 23.7. The molecule has 0 unspecified atom stereocenters. The Morgan fingerprint density at radius 1 is 1.19 bits per heavy atom. The van der Waals surface area contributed by atoms with Crippen LogP contribution in [0.5, 0.6) is 0 Å². The lowest BCUT2D eigenvalue weighted by Crippen LogP contribution is -2.39. The number of aromatic nitrogens is 5. The number of thioether (sulfide) groups is 1. The second-order valence-corrected chi connectivity index (χ2v) is 9.29. The monoisotopic (exact) mass is 455 g/mol. The number of allylic oxidation sites excluding steroid dienone is 1. The summed E-state index contributed by atoms with van der Waals surface area (Å²) >= 11 is 1.20. The van der Waals surface area contributed by atoms with Crippen molar-refractivity contribution in [2.24, 2.45) is 13.0 Å². The van der Waals surface area contributed by atoms with Crippen molar-refractivity contribution < 1.29 is 4.79 Å². The van der Waals surface area contributed by atoms with E-state index in [-0.39, 0.29) is 22.8 Å². The van der Waals surface area contributed by atoms with Gasteiger partial charge in [0.1, 0.15) is 16.2 Å². The maximum atomic E-state index is 13.0. The summed E-state index contributed by atoms with van der Waals surface area (Å²) in [6.45, 7) is 14.4. The first-order valence-electron chi connectivity index (χ1n) is 10.5. The lowest BCUT2D eigenvalue weighted by molar-refractivity contribution is 0.102. The van der Waals surface area contributed by atoms with Crippen LogP contribution in [0.4, 0.5) is 0 Å². The van der Waals surface area contributed by atoms with Gasteiger partial charge in [-0.3, -0.25) is 18.7 Å². The Labute approximate surface area is 191 Å². The molecule has 170 valence electrons. The Balaban J connectivity index is 2.05. The third-order valence-electron chi connectivity index (χ3n) is 5.33. The van der Waals surface area contributed by atoms with Crippen LogP contribution in [0.3, 0.4) is 0 Å². The molecule has 32 heavy (non-hydrogen) atoms. The number of rotatable bonds is 8. The topological polar surface area (TPSA) is 91.8 Å². The molecule has 0 aliphatic rings. The molecule has 0 N–H and O–H groups in total. The second kappa shape index (κ2) is 9.28. The summed E-state index contributed by atoms with van der Waals surface area (Å²) in [7, 11) is 1.45. The number of fused-ring (bicyclic) bond motifs is 1. The second-order valence-electron chi connectivity index (χ2n) is 8.32. The van der Waals surface area contributed by atoms with Crippen LogP contribution < -0.4 is 11.2 Å². The average molecular weight is 456 g/mol. The third-order valence-corrected chi connectivity index (χ3v) is 6.31. The van der Waals surface area contributed by atoms with E-state index >= 15 is 0 Å². The van der Waals surface area contributed by atoms with E-state index in [2.05, 4.69) is 16.5 Å². The number of nitrogens with zero attached hydrogens (tertiary/aromatic N) is 5. The maximum Gasteiger partial charge on any atom is 0.332 e. The summed E-state index contributed by atoms with van der Waals surface area (Å²) in [5, 5.41) is 0.687. The van der Waals surface area contributed by atoms with Crippen LogP contribution in [0.2, 0.25) is 0 Å². The van der Waals surface area contributed by atoms with Gasteiger partial charge in [-0.25, -0.2) is 14.8 Å². The Bertz CT molecular complexity index is 1330. The van der Waals surface area contributed by atoms with Crippen LogP contribution >= 0.6 is 11.8 Å². The fourth-order valence-electron chi connectivity index (χ4n) is 3.78. The minimum atomic E-state index is -0.455. The third kappa shape index (κ3) is 4.34. The summed E-state index contributed by atoms with van der Waals surface area (Å²) in [6, 6.07) is 1.88. The van der Waals surface area contributed by atoms with Gasteiger partial charge in [0.2, 0.25) is 0 Å². The molecular formula is C23H29N5O3S. The van der Waals surface area contributed by atoms with Gasteiger partial charge in [0, 0.05) is 37.1 Å². The maximum absolute atomic E-state index is 13.0. The van der Waals surface area contributed by atoms with Crippen LogP contribution in [0, 0.1) is 26.7 Å². The highest BCUT2D eigenvalue weighted by Crippen LogP contribution is 2.25. The Hall–Kier alpha value is -2.94. The molecule has 0 atom stereocenters.